The molecule has 0 spiro atoms. The highest BCUT2D eigenvalue weighted by molar-refractivity contribution is 6.31. The molecule has 0 aromatic heterocycles. The molecule has 3 heteroatoms. The van der Waals surface area contributed by atoms with E-state index in [2.05, 4.69) is 38.8 Å². The molecule has 1 rings (SSSR count). The lowest BCUT2D eigenvalue weighted by molar-refractivity contribution is 0.196. The zero-order valence-electron chi connectivity index (χ0n) is 11.9. The van der Waals surface area contributed by atoms with Crippen LogP contribution in [0.4, 0.5) is 0 Å². The van der Waals surface area contributed by atoms with Crippen LogP contribution >= 0.6 is 11.6 Å². The molecule has 18 heavy (non-hydrogen) atoms. The van der Waals surface area contributed by atoms with Gasteiger partial charge in [0.15, 0.2) is 0 Å². The monoisotopic (exact) mass is 268 g/mol. The Labute approximate surface area is 116 Å². The van der Waals surface area contributed by atoms with E-state index >= 15 is 0 Å². The van der Waals surface area contributed by atoms with Gasteiger partial charge in [0.2, 0.25) is 0 Å². The first kappa shape index (κ1) is 15.5. The van der Waals surface area contributed by atoms with Crippen LogP contribution in [0.1, 0.15) is 32.4 Å². The molecular formula is C15H25ClN2. The van der Waals surface area contributed by atoms with Crippen molar-refractivity contribution in [3.63, 3.8) is 0 Å². The molecule has 2 N–H and O–H groups in total. The molecule has 0 saturated carbocycles. The van der Waals surface area contributed by atoms with Crippen molar-refractivity contribution in [1.82, 2.24) is 4.90 Å². The van der Waals surface area contributed by atoms with E-state index in [1.807, 2.05) is 18.2 Å². The standard InChI is InChI=1S/C15H25ClN2/c1-11(2)13(9-17)10-18(4)12(3)14-7-5-6-8-15(14)16/h5-8,11-13H,9-10,17H2,1-4H3. The molecule has 0 aliphatic carbocycles. The number of rotatable bonds is 6. The average Bonchev–Trinajstić information content (AvgIpc) is 2.35. The smallest absolute Gasteiger partial charge is 0.0453 e. The van der Waals surface area contributed by atoms with Crippen LogP contribution in [0, 0.1) is 11.8 Å². The van der Waals surface area contributed by atoms with E-state index in [0.717, 1.165) is 18.1 Å². The molecule has 0 amide bonds. The van der Waals surface area contributed by atoms with Gasteiger partial charge in [-0.2, -0.15) is 0 Å². The summed E-state index contributed by atoms with van der Waals surface area (Å²) in [4.78, 5) is 2.33. The molecule has 0 fully saturated rings. The van der Waals surface area contributed by atoms with Crippen molar-refractivity contribution in [2.45, 2.75) is 26.8 Å². The SMILES string of the molecule is CC(C)C(CN)CN(C)C(C)c1ccccc1Cl. The van der Waals surface area contributed by atoms with Gasteiger partial charge < -0.3 is 5.73 Å². The van der Waals surface area contributed by atoms with Crippen molar-refractivity contribution in [3.8, 4) is 0 Å². The summed E-state index contributed by atoms with van der Waals surface area (Å²) in [5.41, 5.74) is 7.02. The number of nitrogens with zero attached hydrogens (tertiary/aromatic N) is 1. The lowest BCUT2D eigenvalue weighted by atomic mass is 9.94. The highest BCUT2D eigenvalue weighted by Gasteiger charge is 2.19. The third kappa shape index (κ3) is 3.98. The van der Waals surface area contributed by atoms with Crippen molar-refractivity contribution in [2.75, 3.05) is 20.1 Å². The number of benzene rings is 1. The quantitative estimate of drug-likeness (QED) is 0.855. The van der Waals surface area contributed by atoms with Crippen LogP contribution in [0.2, 0.25) is 5.02 Å². The lowest BCUT2D eigenvalue weighted by Crippen LogP contribution is -2.34. The van der Waals surface area contributed by atoms with Gasteiger partial charge in [0.05, 0.1) is 0 Å². The maximum absolute atomic E-state index is 6.24. The summed E-state index contributed by atoms with van der Waals surface area (Å²) in [6.45, 7) is 8.38. The molecular weight excluding hydrogens is 244 g/mol. The molecule has 2 unspecified atom stereocenters. The van der Waals surface area contributed by atoms with Crippen molar-refractivity contribution >= 4 is 11.6 Å². The predicted molar refractivity (Wildman–Crippen MR) is 79.9 cm³/mol. The Bertz CT molecular complexity index is 365. The van der Waals surface area contributed by atoms with E-state index in [1.165, 1.54) is 5.56 Å². The molecule has 0 aliphatic rings. The van der Waals surface area contributed by atoms with Crippen LogP contribution in [0.5, 0.6) is 0 Å². The third-order valence-corrected chi connectivity index (χ3v) is 4.13. The summed E-state index contributed by atoms with van der Waals surface area (Å²) < 4.78 is 0. The van der Waals surface area contributed by atoms with Gasteiger partial charge in [0.25, 0.3) is 0 Å². The largest absolute Gasteiger partial charge is 0.330 e. The Hall–Kier alpha value is -0.570. The Kier molecular flexibility index (Phi) is 6.13. The van der Waals surface area contributed by atoms with Crippen LogP contribution in [0.15, 0.2) is 24.3 Å². The first-order valence-corrected chi connectivity index (χ1v) is 6.99. The minimum absolute atomic E-state index is 0.312. The van der Waals surface area contributed by atoms with Crippen molar-refractivity contribution in [2.24, 2.45) is 17.6 Å². The summed E-state index contributed by atoms with van der Waals surface area (Å²) in [5.74, 6) is 1.14. The zero-order valence-corrected chi connectivity index (χ0v) is 12.6. The van der Waals surface area contributed by atoms with Gasteiger partial charge in [0, 0.05) is 17.6 Å². The molecule has 1 aromatic carbocycles. The number of nitrogens with two attached hydrogens (primary N) is 1. The van der Waals surface area contributed by atoms with Crippen molar-refractivity contribution in [3.05, 3.63) is 34.9 Å². The van der Waals surface area contributed by atoms with Gasteiger partial charge in [-0.15, -0.1) is 0 Å². The van der Waals surface area contributed by atoms with Crippen LogP contribution in [-0.4, -0.2) is 25.0 Å². The van der Waals surface area contributed by atoms with E-state index in [4.69, 9.17) is 17.3 Å². The highest BCUT2D eigenvalue weighted by Crippen LogP contribution is 2.27. The third-order valence-electron chi connectivity index (χ3n) is 3.78. The van der Waals surface area contributed by atoms with E-state index in [-0.39, 0.29) is 0 Å². The van der Waals surface area contributed by atoms with Gasteiger partial charge in [-0.05, 0) is 44.0 Å². The molecule has 0 radical (unpaired) electrons. The van der Waals surface area contributed by atoms with Crippen molar-refractivity contribution < 1.29 is 0 Å². The zero-order chi connectivity index (χ0) is 13.7. The highest BCUT2D eigenvalue weighted by atomic mass is 35.5. The summed E-state index contributed by atoms with van der Waals surface area (Å²) in [6.07, 6.45) is 0. The number of hydrogen-bond acceptors (Lipinski definition) is 2. The first-order chi connectivity index (χ1) is 8.47. The van der Waals surface area contributed by atoms with Gasteiger partial charge >= 0.3 is 0 Å². The van der Waals surface area contributed by atoms with E-state index in [0.29, 0.717) is 17.9 Å². The van der Waals surface area contributed by atoms with Gasteiger partial charge in [-0.3, -0.25) is 4.90 Å². The van der Waals surface area contributed by atoms with Gasteiger partial charge in [0.1, 0.15) is 0 Å². The van der Waals surface area contributed by atoms with E-state index in [1.54, 1.807) is 0 Å². The van der Waals surface area contributed by atoms with Gasteiger partial charge in [-0.1, -0.05) is 43.6 Å². The predicted octanol–water partition coefficient (Wildman–Crippen LogP) is 3.56. The lowest BCUT2D eigenvalue weighted by Gasteiger charge is -2.31. The molecule has 0 saturated heterocycles. The molecule has 2 nitrogen and oxygen atoms in total. The van der Waals surface area contributed by atoms with E-state index in [9.17, 15) is 0 Å². The Morgan fingerprint density at radius 2 is 1.83 bits per heavy atom. The molecule has 0 bridgehead atoms. The van der Waals surface area contributed by atoms with Crippen LogP contribution in [0.25, 0.3) is 0 Å². The first-order valence-electron chi connectivity index (χ1n) is 6.62. The van der Waals surface area contributed by atoms with Crippen LogP contribution in [-0.2, 0) is 0 Å². The second kappa shape index (κ2) is 7.13. The van der Waals surface area contributed by atoms with E-state index < -0.39 is 0 Å². The fourth-order valence-electron chi connectivity index (χ4n) is 2.14. The normalized spacial score (nSPS) is 15.1. The second-order valence-electron chi connectivity index (χ2n) is 5.38. The molecule has 0 aliphatic heterocycles. The second-order valence-corrected chi connectivity index (χ2v) is 5.78. The minimum Gasteiger partial charge on any atom is -0.330 e. The fraction of sp³-hybridized carbons (Fsp3) is 0.600. The molecule has 1 aromatic rings. The Morgan fingerprint density at radius 3 is 2.33 bits per heavy atom. The number of halogens is 1. The topological polar surface area (TPSA) is 29.3 Å². The summed E-state index contributed by atoms with van der Waals surface area (Å²) in [7, 11) is 2.14. The molecule has 2 atom stereocenters. The summed E-state index contributed by atoms with van der Waals surface area (Å²) >= 11 is 6.24. The molecule has 102 valence electrons. The Balaban J connectivity index is 2.72. The van der Waals surface area contributed by atoms with Crippen LogP contribution in [0.3, 0.4) is 0 Å². The van der Waals surface area contributed by atoms with Crippen molar-refractivity contribution in [1.29, 1.82) is 0 Å². The average molecular weight is 269 g/mol. The maximum atomic E-state index is 6.24. The maximum Gasteiger partial charge on any atom is 0.0453 e. The summed E-state index contributed by atoms with van der Waals surface area (Å²) in [6, 6.07) is 8.36. The van der Waals surface area contributed by atoms with Gasteiger partial charge in [-0.25, -0.2) is 0 Å². The minimum atomic E-state index is 0.312. The number of hydrogen-bond donors (Lipinski definition) is 1. The fourth-order valence-corrected chi connectivity index (χ4v) is 2.43. The molecule has 0 heterocycles. The summed E-state index contributed by atoms with van der Waals surface area (Å²) in [5, 5.41) is 0.839. The Morgan fingerprint density at radius 1 is 1.22 bits per heavy atom. The van der Waals surface area contributed by atoms with Crippen LogP contribution < -0.4 is 5.73 Å².